The van der Waals surface area contributed by atoms with Gasteiger partial charge in [0.1, 0.15) is 118 Å². The van der Waals surface area contributed by atoms with Gasteiger partial charge in [0.25, 0.3) is 0 Å². The second-order valence-electron chi connectivity index (χ2n) is 33.1. The summed E-state index contributed by atoms with van der Waals surface area (Å²) in [7, 11) is 0. The Morgan fingerprint density at radius 3 is 1.07 bits per heavy atom. The molecule has 144 heavy (non-hydrogen) atoms. The van der Waals surface area contributed by atoms with E-state index in [0.29, 0.717) is 103 Å². The molecule has 40 heteroatoms. The van der Waals surface area contributed by atoms with Crippen LogP contribution in [0.15, 0.2) is 337 Å². The molecule has 24 rings (SSSR count). The number of imidazole rings is 6. The van der Waals surface area contributed by atoms with E-state index in [4.69, 9.17) is 23.1 Å². The van der Waals surface area contributed by atoms with Gasteiger partial charge in [-0.1, -0.05) is 44.9 Å². The molecular weight excluding hydrogens is 1830 g/mol. The molecule has 0 unspecified atom stereocenters. The molecule has 0 radical (unpaired) electrons. The number of aromatic nitrogens is 28. The lowest BCUT2D eigenvalue weighted by Crippen LogP contribution is -2.13. The van der Waals surface area contributed by atoms with E-state index in [-0.39, 0.29) is 49.3 Å². The van der Waals surface area contributed by atoms with Gasteiger partial charge in [0, 0.05) is 184 Å². The molecule has 24 aromatic rings. The molecule has 0 bridgehead atoms. The van der Waals surface area contributed by atoms with Crippen molar-refractivity contribution >= 4 is 90.5 Å². The number of amides is 4. The highest BCUT2D eigenvalue weighted by atomic mass is 16.5. The summed E-state index contributed by atoms with van der Waals surface area (Å²) in [5, 5.41) is 29.5. The molecule has 20 aromatic heterocycles. The normalized spacial score (nSPS) is 11.1. The Morgan fingerprint density at radius 2 is 0.667 bits per heavy atom. The van der Waals surface area contributed by atoms with Gasteiger partial charge in [0.15, 0.2) is 23.1 Å². The first-order valence-electron chi connectivity index (χ1n) is 44.9. The van der Waals surface area contributed by atoms with Crippen LogP contribution in [0.4, 0.5) is 22.7 Å². The first-order chi connectivity index (χ1) is 70.5. The van der Waals surface area contributed by atoms with E-state index in [2.05, 4.69) is 143 Å². The fourth-order valence-corrected chi connectivity index (χ4v) is 15.8. The van der Waals surface area contributed by atoms with Gasteiger partial charge < -0.3 is 59.3 Å². The van der Waals surface area contributed by atoms with E-state index in [0.717, 1.165) is 123 Å². The number of carbonyl (C=O) groups excluding carboxylic acids is 4. The number of nitrogens with one attached hydrogen (secondary N) is 8. The van der Waals surface area contributed by atoms with Crippen molar-refractivity contribution in [2.45, 2.75) is 53.4 Å². The Kier molecular flexibility index (Phi) is 25.3. The number of carbonyl (C=O) groups is 4. The predicted octanol–water partition coefficient (Wildman–Crippen LogP) is 17.4. The summed E-state index contributed by atoms with van der Waals surface area (Å²) in [5.74, 6) is 5.41. The van der Waals surface area contributed by atoms with E-state index in [9.17, 15) is 19.2 Å². The minimum Gasteiger partial charge on any atom is -0.360 e. The Labute approximate surface area is 814 Å². The molecular formula is C104H80N32O8. The van der Waals surface area contributed by atoms with Crippen molar-refractivity contribution in [3.05, 3.63) is 365 Å². The zero-order chi connectivity index (χ0) is 97.9. The number of H-pyrrole nitrogens is 4. The molecule has 8 N–H and O–H groups in total. The molecule has 40 nitrogen and oxygen atoms in total. The lowest BCUT2D eigenvalue weighted by atomic mass is 10.1. The molecule has 0 spiro atoms. The molecule has 0 aliphatic rings. The highest BCUT2D eigenvalue weighted by molar-refractivity contribution is 5.97. The average molecular weight is 1910 g/mol. The topological polar surface area (TPSA) is 510 Å². The predicted molar refractivity (Wildman–Crippen MR) is 533 cm³/mol. The molecule has 0 aliphatic heterocycles. The molecule has 4 amide bonds. The van der Waals surface area contributed by atoms with Crippen molar-refractivity contribution in [2.24, 2.45) is 0 Å². The van der Waals surface area contributed by atoms with Gasteiger partial charge in [-0.2, -0.15) is 0 Å². The summed E-state index contributed by atoms with van der Waals surface area (Å²) in [4.78, 5) is 133. The zero-order valence-corrected chi connectivity index (χ0v) is 76.8. The first-order valence-corrected chi connectivity index (χ1v) is 44.9. The second-order valence-corrected chi connectivity index (χ2v) is 33.1. The van der Waals surface area contributed by atoms with Crippen LogP contribution in [-0.2, 0) is 44.9 Å². The number of aromatic amines is 4. The van der Waals surface area contributed by atoms with Gasteiger partial charge in [-0.25, -0.2) is 59.8 Å². The average Bonchev–Trinajstić information content (AvgIpc) is 1.65. The minimum absolute atomic E-state index is 0.0633. The Morgan fingerprint density at radius 1 is 0.312 bits per heavy atom. The SMILES string of the molecule is Cc1cn(-c2nccc3[nH]c(-c4ccc(NC(=O)Cc5cc(-c6cccnc6)no5)cc4)cc23)cn1.Cc1cn(-c2nccc3[nH]c(-c4ccc(NC(=O)Cc5cc(-c6cccnc6)no5)cc4)nc23)cn1.Cc1cn(-c2ncnc3[nH]c(-c4ccc(NC(=O)Cc5cc(-c6cccnc6)no5)cc4)cc23)cn1.Cc1cn(-c2ncnc3nc(-c4ccc(NC(=O)Cc5cc(-c6cccnc6)no5)cc4)[nH]c23)cn1. The van der Waals surface area contributed by atoms with Gasteiger partial charge in [0.2, 0.25) is 23.6 Å². The second kappa shape index (κ2) is 40.4. The molecule has 20 heterocycles. The Balaban J connectivity index is 0.000000113. The molecule has 0 aliphatic carbocycles. The number of nitrogens with zero attached hydrogens (tertiary/aromatic N) is 24. The third kappa shape index (κ3) is 20.8. The summed E-state index contributed by atoms with van der Waals surface area (Å²) in [5.41, 5.74) is 22.3. The van der Waals surface area contributed by atoms with Crippen molar-refractivity contribution in [1.82, 2.24) is 139 Å². The van der Waals surface area contributed by atoms with Gasteiger partial charge in [-0.05, 0) is 184 Å². The number of benzene rings is 4. The van der Waals surface area contributed by atoms with Gasteiger partial charge >= 0.3 is 0 Å². The van der Waals surface area contributed by atoms with E-state index in [1.54, 1.807) is 112 Å². The van der Waals surface area contributed by atoms with Crippen LogP contribution in [0, 0.1) is 27.7 Å². The number of fused-ring (bicyclic) bond motifs is 4. The molecule has 0 atom stereocenters. The van der Waals surface area contributed by atoms with Crippen LogP contribution >= 0.6 is 0 Å². The summed E-state index contributed by atoms with van der Waals surface area (Å²) < 4.78 is 28.7. The van der Waals surface area contributed by atoms with Crippen LogP contribution in [0.2, 0.25) is 0 Å². The van der Waals surface area contributed by atoms with Crippen molar-refractivity contribution in [2.75, 3.05) is 21.3 Å². The van der Waals surface area contributed by atoms with Crippen molar-refractivity contribution < 1.29 is 37.3 Å². The summed E-state index contributed by atoms with van der Waals surface area (Å²) in [6.45, 7) is 7.73. The van der Waals surface area contributed by atoms with Crippen LogP contribution in [-0.4, -0.2) is 162 Å². The van der Waals surface area contributed by atoms with Crippen molar-refractivity contribution in [3.63, 3.8) is 0 Å². The highest BCUT2D eigenvalue weighted by Crippen LogP contribution is 2.34. The van der Waals surface area contributed by atoms with E-state index >= 15 is 0 Å². The molecule has 0 fully saturated rings. The standard InChI is InChI=1S/C27H21N7O2.2C26H20N8O2.C25H19N9O2/c1-17-15-34(16-30-17)27-22-13-24(32-23(22)8-10-29-27)18-4-6-20(7-5-18)31-26(35)12-21-11-25(33-36-21)19-3-2-9-28-14-19;1-16-14-34(15-29-16)26-24-21(8-10-28-26)31-25(32-24)17-4-6-19(7-5-17)30-23(35)12-20-11-22(33-36-20)18-3-2-9-27-13-18;1-16-13-34(15-30-16)26-21-11-22(32-25(21)28-14-29-26)17-4-6-19(7-5-17)31-24(35)10-20-9-23(33-36-20)18-3-2-8-27-12-18;1-15-12-34(14-29-15)25-22-24(27-13-28-25)32-23(31-22)16-4-6-18(7-5-16)30-21(35)10-19-9-20(33-36-19)17-3-2-8-26-11-17/h2-11,13-16,32H,12H2,1H3,(H,31,35);2-11,13-15H,12H2,1H3,(H,30,35)(H,31,32);2-9,11-15H,10H2,1H3,(H,31,35)(H,28,29,32);2-9,11-14H,10H2,1H3,(H,30,35)(H,27,28,31,32). The van der Waals surface area contributed by atoms with Gasteiger partial charge in [-0.15, -0.1) is 0 Å². The zero-order valence-electron chi connectivity index (χ0n) is 76.8. The fraction of sp³-hybridized carbons (Fsp3) is 0.0769. The summed E-state index contributed by atoms with van der Waals surface area (Å²) >= 11 is 0. The van der Waals surface area contributed by atoms with E-state index in [1.165, 1.54) is 12.7 Å². The fourth-order valence-electron chi connectivity index (χ4n) is 15.8. The lowest BCUT2D eigenvalue weighted by molar-refractivity contribution is -0.116. The maximum atomic E-state index is 12.5. The third-order valence-electron chi connectivity index (χ3n) is 22.7. The number of aryl methyl sites for hydroxylation is 4. The maximum absolute atomic E-state index is 12.5. The minimum atomic E-state index is -0.212. The Hall–Kier alpha value is -20.5. The molecule has 704 valence electrons. The Bertz CT molecular complexity index is 7670. The van der Waals surface area contributed by atoms with Crippen molar-refractivity contribution in [1.29, 1.82) is 0 Å². The number of pyridine rings is 6. The number of hydrogen-bond donors (Lipinski definition) is 8. The van der Waals surface area contributed by atoms with Crippen LogP contribution in [0.25, 0.3) is 158 Å². The number of anilines is 4. The number of rotatable bonds is 24. The maximum Gasteiger partial charge on any atom is 0.232 e. The lowest BCUT2D eigenvalue weighted by Gasteiger charge is -2.05. The van der Waals surface area contributed by atoms with E-state index < -0.39 is 0 Å². The van der Waals surface area contributed by atoms with Crippen LogP contribution in [0.5, 0.6) is 0 Å². The highest BCUT2D eigenvalue weighted by Gasteiger charge is 2.22. The smallest absolute Gasteiger partial charge is 0.232 e. The van der Waals surface area contributed by atoms with Crippen LogP contribution in [0.1, 0.15) is 45.8 Å². The third-order valence-corrected chi connectivity index (χ3v) is 22.7. The van der Waals surface area contributed by atoms with Crippen LogP contribution in [0.3, 0.4) is 0 Å². The molecule has 0 saturated heterocycles. The van der Waals surface area contributed by atoms with Crippen molar-refractivity contribution in [3.8, 4) is 114 Å². The summed E-state index contributed by atoms with van der Waals surface area (Å²) in [6.07, 6.45) is 34.9. The first kappa shape index (κ1) is 90.0. The quantitative estimate of drug-likeness (QED) is 0.0278. The van der Waals surface area contributed by atoms with Gasteiger partial charge in [-0.3, -0.25) is 57.4 Å². The van der Waals surface area contributed by atoms with E-state index in [1.807, 2.05) is 235 Å². The summed E-state index contributed by atoms with van der Waals surface area (Å²) in [6, 6.07) is 59.8. The van der Waals surface area contributed by atoms with Crippen LogP contribution < -0.4 is 21.3 Å². The number of hydrogen-bond acceptors (Lipinski definition) is 28. The largest absolute Gasteiger partial charge is 0.360 e. The van der Waals surface area contributed by atoms with Gasteiger partial charge in [0.05, 0.1) is 64.9 Å². The molecule has 0 saturated carbocycles. The monoisotopic (exact) mass is 1900 g/mol. The molecule has 4 aromatic carbocycles.